The number of aryl methyl sites for hydroxylation is 2. The van der Waals surface area contributed by atoms with Gasteiger partial charge in [-0.05, 0) is 18.9 Å². The Kier molecular flexibility index (Phi) is 4.66. The molecule has 0 aromatic carbocycles. The van der Waals surface area contributed by atoms with Crippen molar-refractivity contribution >= 4 is 17.7 Å². The molecule has 2 rings (SSSR count). The van der Waals surface area contributed by atoms with E-state index in [0.29, 0.717) is 11.1 Å². The van der Waals surface area contributed by atoms with Crippen LogP contribution in [0.1, 0.15) is 19.5 Å². The van der Waals surface area contributed by atoms with E-state index < -0.39 is 5.97 Å². The summed E-state index contributed by atoms with van der Waals surface area (Å²) in [4.78, 5) is 10.7. The average Bonchev–Trinajstić information content (AvgIpc) is 2.89. The van der Waals surface area contributed by atoms with Gasteiger partial charge in [0.1, 0.15) is 5.69 Å². The van der Waals surface area contributed by atoms with E-state index in [1.165, 1.54) is 11.8 Å². The topological polar surface area (TPSA) is 85.8 Å². The van der Waals surface area contributed by atoms with Gasteiger partial charge in [0.05, 0.1) is 11.4 Å². The molecule has 0 radical (unpaired) electrons. The Bertz CT molecular complexity index is 647. The van der Waals surface area contributed by atoms with E-state index in [0.717, 1.165) is 23.8 Å². The molecule has 2 aromatic heterocycles. The van der Waals surface area contributed by atoms with Gasteiger partial charge in [-0.15, -0.1) is 10.2 Å². The Hall–Kier alpha value is -1.83. The number of hydrogen-bond acceptors (Lipinski definition) is 5. The van der Waals surface area contributed by atoms with E-state index in [2.05, 4.69) is 29.1 Å². The molecule has 0 aliphatic carbocycles. The molecule has 0 saturated heterocycles. The molecule has 114 valence electrons. The lowest BCUT2D eigenvalue weighted by atomic mass is 10.2. The second-order valence-electron chi connectivity index (χ2n) is 5.29. The molecular formula is C13H19N5O2S. The van der Waals surface area contributed by atoms with Crippen molar-refractivity contribution in [1.29, 1.82) is 0 Å². The molecular weight excluding hydrogens is 290 g/mol. The van der Waals surface area contributed by atoms with Crippen LogP contribution in [-0.2, 0) is 18.4 Å². The van der Waals surface area contributed by atoms with Gasteiger partial charge in [-0.2, -0.15) is 5.10 Å². The molecule has 0 atom stereocenters. The number of carbonyl (C=O) groups is 1. The van der Waals surface area contributed by atoms with Gasteiger partial charge in [0.25, 0.3) is 0 Å². The molecule has 0 fully saturated rings. The zero-order valence-corrected chi connectivity index (χ0v) is 13.4. The Morgan fingerprint density at radius 3 is 2.67 bits per heavy atom. The number of nitrogens with zero attached hydrogens (tertiary/aromatic N) is 5. The van der Waals surface area contributed by atoms with Crippen LogP contribution < -0.4 is 0 Å². The Morgan fingerprint density at radius 2 is 2.14 bits per heavy atom. The zero-order chi connectivity index (χ0) is 15.6. The van der Waals surface area contributed by atoms with Gasteiger partial charge < -0.3 is 9.67 Å². The molecule has 8 heteroatoms. The van der Waals surface area contributed by atoms with Crippen molar-refractivity contribution in [2.75, 3.05) is 5.75 Å². The van der Waals surface area contributed by atoms with Gasteiger partial charge in [0.15, 0.2) is 11.0 Å². The summed E-state index contributed by atoms with van der Waals surface area (Å²) in [5.41, 5.74) is 1.79. The molecule has 1 N–H and O–H groups in total. The first-order valence-corrected chi connectivity index (χ1v) is 7.66. The highest BCUT2D eigenvalue weighted by Crippen LogP contribution is 2.25. The molecule has 0 bridgehead atoms. The third-order valence-corrected chi connectivity index (χ3v) is 3.77. The molecule has 2 aromatic rings. The third-order valence-electron chi connectivity index (χ3n) is 2.82. The minimum Gasteiger partial charge on any atom is -0.481 e. The van der Waals surface area contributed by atoms with E-state index in [4.69, 9.17) is 5.11 Å². The van der Waals surface area contributed by atoms with E-state index in [1.807, 2.05) is 24.6 Å². The molecule has 0 spiro atoms. The van der Waals surface area contributed by atoms with Gasteiger partial charge in [-0.1, -0.05) is 25.6 Å². The molecule has 0 aliphatic heterocycles. The Labute approximate surface area is 127 Å². The van der Waals surface area contributed by atoms with E-state index >= 15 is 0 Å². The maximum atomic E-state index is 10.7. The lowest BCUT2D eigenvalue weighted by molar-refractivity contribution is -0.133. The second-order valence-corrected chi connectivity index (χ2v) is 6.23. The summed E-state index contributed by atoms with van der Waals surface area (Å²) >= 11 is 1.19. The number of aromatic nitrogens is 5. The maximum absolute atomic E-state index is 10.7. The van der Waals surface area contributed by atoms with Crippen LogP contribution >= 0.6 is 11.8 Å². The second kappa shape index (κ2) is 6.30. The summed E-state index contributed by atoms with van der Waals surface area (Å²) in [6.07, 6.45) is 0. The molecule has 0 unspecified atom stereocenters. The van der Waals surface area contributed by atoms with Crippen molar-refractivity contribution in [3.05, 3.63) is 11.8 Å². The summed E-state index contributed by atoms with van der Waals surface area (Å²) in [5.74, 6) is 0.232. The van der Waals surface area contributed by atoms with Crippen LogP contribution in [0.3, 0.4) is 0 Å². The van der Waals surface area contributed by atoms with E-state index in [-0.39, 0.29) is 5.75 Å². The highest BCUT2D eigenvalue weighted by Gasteiger charge is 2.19. The predicted molar refractivity (Wildman–Crippen MR) is 80.2 cm³/mol. The van der Waals surface area contributed by atoms with E-state index in [1.54, 1.807) is 4.68 Å². The highest BCUT2D eigenvalue weighted by molar-refractivity contribution is 7.99. The highest BCUT2D eigenvalue weighted by atomic mass is 32.2. The molecule has 0 amide bonds. The third kappa shape index (κ3) is 3.63. The van der Waals surface area contributed by atoms with Crippen LogP contribution in [0.5, 0.6) is 0 Å². The largest absolute Gasteiger partial charge is 0.481 e. The van der Waals surface area contributed by atoms with Crippen LogP contribution in [0.15, 0.2) is 11.2 Å². The van der Waals surface area contributed by atoms with Gasteiger partial charge in [0, 0.05) is 13.6 Å². The number of carboxylic acid groups (broad SMARTS) is 1. The average molecular weight is 309 g/mol. The van der Waals surface area contributed by atoms with Crippen molar-refractivity contribution in [3.8, 4) is 11.5 Å². The van der Waals surface area contributed by atoms with Gasteiger partial charge in [-0.3, -0.25) is 9.48 Å². The molecule has 0 saturated carbocycles. The van der Waals surface area contributed by atoms with Crippen LogP contribution in [0.4, 0.5) is 0 Å². The first kappa shape index (κ1) is 15.6. The zero-order valence-electron chi connectivity index (χ0n) is 12.6. The number of aliphatic carboxylic acids is 1. The smallest absolute Gasteiger partial charge is 0.313 e. The normalized spacial score (nSPS) is 11.3. The van der Waals surface area contributed by atoms with Crippen LogP contribution in [0.25, 0.3) is 11.5 Å². The predicted octanol–water partition coefficient (Wildman–Crippen LogP) is 1.82. The Balaban J connectivity index is 2.41. The fourth-order valence-electron chi connectivity index (χ4n) is 2.06. The van der Waals surface area contributed by atoms with Crippen molar-refractivity contribution in [2.45, 2.75) is 32.5 Å². The standard InChI is InChI=1S/C13H19N5O2S/c1-8(2)6-18-12(10-5-9(3)16-17(10)4)14-15-13(18)21-7-11(19)20/h5,8H,6-7H2,1-4H3,(H,19,20). The molecule has 21 heavy (non-hydrogen) atoms. The summed E-state index contributed by atoms with van der Waals surface area (Å²) in [6, 6.07) is 1.95. The monoisotopic (exact) mass is 309 g/mol. The van der Waals surface area contributed by atoms with Gasteiger partial charge in [0.2, 0.25) is 0 Å². The molecule has 0 aliphatic rings. The van der Waals surface area contributed by atoms with Crippen molar-refractivity contribution in [2.24, 2.45) is 13.0 Å². The van der Waals surface area contributed by atoms with Gasteiger partial charge in [-0.25, -0.2) is 0 Å². The summed E-state index contributed by atoms with van der Waals surface area (Å²) in [7, 11) is 1.86. The number of thioether (sulfide) groups is 1. The van der Waals surface area contributed by atoms with Crippen LogP contribution in [-0.4, -0.2) is 41.4 Å². The minimum absolute atomic E-state index is 0.0271. The van der Waals surface area contributed by atoms with Crippen LogP contribution in [0, 0.1) is 12.8 Å². The lowest BCUT2D eigenvalue weighted by Gasteiger charge is -2.12. The molecule has 7 nitrogen and oxygen atoms in total. The summed E-state index contributed by atoms with van der Waals surface area (Å²) < 4.78 is 3.73. The fourth-order valence-corrected chi connectivity index (χ4v) is 2.73. The number of carboxylic acids is 1. The first-order chi connectivity index (χ1) is 9.88. The SMILES string of the molecule is Cc1cc(-c2nnc(SCC(=O)O)n2CC(C)C)n(C)n1. The number of rotatable bonds is 6. The van der Waals surface area contributed by atoms with E-state index in [9.17, 15) is 4.79 Å². The summed E-state index contributed by atoms with van der Waals surface area (Å²) in [6.45, 7) is 6.86. The van der Waals surface area contributed by atoms with Crippen LogP contribution in [0.2, 0.25) is 0 Å². The van der Waals surface area contributed by atoms with Crippen molar-refractivity contribution in [3.63, 3.8) is 0 Å². The minimum atomic E-state index is -0.864. The first-order valence-electron chi connectivity index (χ1n) is 6.67. The summed E-state index contributed by atoms with van der Waals surface area (Å²) in [5, 5.41) is 22.1. The lowest BCUT2D eigenvalue weighted by Crippen LogP contribution is -2.10. The van der Waals surface area contributed by atoms with Gasteiger partial charge >= 0.3 is 5.97 Å². The Morgan fingerprint density at radius 1 is 1.43 bits per heavy atom. The van der Waals surface area contributed by atoms with Crippen molar-refractivity contribution < 1.29 is 9.90 Å². The quantitative estimate of drug-likeness (QED) is 0.819. The number of hydrogen-bond donors (Lipinski definition) is 1. The molecule has 2 heterocycles. The van der Waals surface area contributed by atoms with Crippen molar-refractivity contribution in [1.82, 2.24) is 24.5 Å². The fraction of sp³-hybridized carbons (Fsp3) is 0.538. The maximum Gasteiger partial charge on any atom is 0.313 e.